The van der Waals surface area contributed by atoms with Crippen molar-refractivity contribution in [2.45, 2.75) is 25.2 Å². The van der Waals surface area contributed by atoms with Gasteiger partial charge >= 0.3 is 0 Å². The lowest BCUT2D eigenvalue weighted by Crippen LogP contribution is -2.38. The Balaban J connectivity index is 1.39. The topological polar surface area (TPSA) is 68.5 Å². The third kappa shape index (κ3) is 3.88. The van der Waals surface area contributed by atoms with E-state index in [1.807, 2.05) is 46.7 Å². The van der Waals surface area contributed by atoms with Crippen molar-refractivity contribution >= 4 is 17.2 Å². The van der Waals surface area contributed by atoms with Gasteiger partial charge in [0, 0.05) is 23.9 Å². The average molecular weight is 383 g/mol. The molecular formula is C20H21N3O3S. The lowest BCUT2D eigenvalue weighted by molar-refractivity contribution is -0.131. The van der Waals surface area contributed by atoms with Gasteiger partial charge in [-0.05, 0) is 36.4 Å². The summed E-state index contributed by atoms with van der Waals surface area (Å²) in [5.74, 6) is 2.29. The van der Waals surface area contributed by atoms with Gasteiger partial charge in [0.05, 0.1) is 19.1 Å². The minimum absolute atomic E-state index is 0.193. The van der Waals surface area contributed by atoms with E-state index in [1.165, 1.54) is 0 Å². The van der Waals surface area contributed by atoms with Crippen LogP contribution in [-0.2, 0) is 11.2 Å². The van der Waals surface area contributed by atoms with Crippen LogP contribution < -0.4 is 4.74 Å². The molecule has 27 heavy (non-hydrogen) atoms. The summed E-state index contributed by atoms with van der Waals surface area (Å²) in [5.41, 5.74) is 0.794. The third-order valence-electron chi connectivity index (χ3n) is 4.90. The lowest BCUT2D eigenvalue weighted by atomic mass is 9.96. The molecule has 0 atom stereocenters. The number of rotatable bonds is 5. The van der Waals surface area contributed by atoms with E-state index in [0.717, 1.165) is 36.4 Å². The first kappa shape index (κ1) is 17.7. The summed E-state index contributed by atoms with van der Waals surface area (Å²) in [6.45, 7) is 1.46. The summed E-state index contributed by atoms with van der Waals surface area (Å²) in [4.78, 5) is 20.1. The van der Waals surface area contributed by atoms with Crippen LogP contribution in [0.5, 0.6) is 5.75 Å². The molecule has 0 aliphatic carbocycles. The summed E-state index contributed by atoms with van der Waals surface area (Å²) in [6, 6.07) is 11.6. The minimum Gasteiger partial charge on any atom is -0.496 e. The predicted octanol–water partition coefficient (Wildman–Crippen LogP) is 3.76. The second kappa shape index (κ2) is 7.92. The Morgan fingerprint density at radius 2 is 2.07 bits per heavy atom. The fourth-order valence-electron chi connectivity index (χ4n) is 3.39. The van der Waals surface area contributed by atoms with E-state index in [2.05, 4.69) is 10.1 Å². The number of benzene rings is 1. The highest BCUT2D eigenvalue weighted by Crippen LogP contribution is 2.31. The highest BCUT2D eigenvalue weighted by atomic mass is 32.1. The first-order chi connectivity index (χ1) is 13.2. The van der Waals surface area contributed by atoms with Crippen molar-refractivity contribution in [2.24, 2.45) is 0 Å². The molecule has 0 unspecified atom stereocenters. The van der Waals surface area contributed by atoms with E-state index in [-0.39, 0.29) is 11.8 Å². The second-order valence-corrected chi connectivity index (χ2v) is 7.60. The highest BCUT2D eigenvalue weighted by Gasteiger charge is 2.27. The minimum atomic E-state index is 0.193. The zero-order valence-corrected chi connectivity index (χ0v) is 15.9. The molecule has 6 nitrogen and oxygen atoms in total. The Kier molecular flexibility index (Phi) is 5.20. The van der Waals surface area contributed by atoms with Crippen LogP contribution in [0.3, 0.4) is 0 Å². The van der Waals surface area contributed by atoms with E-state index >= 15 is 0 Å². The Morgan fingerprint density at radius 3 is 2.81 bits per heavy atom. The molecule has 1 saturated heterocycles. The molecule has 4 rings (SSSR count). The molecule has 3 heterocycles. The van der Waals surface area contributed by atoms with Crippen molar-refractivity contribution in [1.29, 1.82) is 0 Å². The summed E-state index contributed by atoms with van der Waals surface area (Å²) >= 11 is 1.63. The van der Waals surface area contributed by atoms with Gasteiger partial charge in [0.15, 0.2) is 5.82 Å². The van der Waals surface area contributed by atoms with Crippen LogP contribution >= 0.6 is 11.3 Å². The van der Waals surface area contributed by atoms with E-state index in [1.54, 1.807) is 18.4 Å². The first-order valence-electron chi connectivity index (χ1n) is 9.01. The molecule has 2 aromatic heterocycles. The maximum atomic E-state index is 12.4. The number of para-hydroxylation sites is 1. The van der Waals surface area contributed by atoms with Gasteiger partial charge in [0.25, 0.3) is 5.89 Å². The normalized spacial score (nSPS) is 15.1. The monoisotopic (exact) mass is 383 g/mol. The average Bonchev–Trinajstić information content (AvgIpc) is 3.40. The summed E-state index contributed by atoms with van der Waals surface area (Å²) in [7, 11) is 1.62. The third-order valence-corrected chi connectivity index (χ3v) is 5.77. The van der Waals surface area contributed by atoms with E-state index in [9.17, 15) is 4.79 Å². The quantitative estimate of drug-likeness (QED) is 0.671. The van der Waals surface area contributed by atoms with Crippen LogP contribution in [0.25, 0.3) is 11.5 Å². The smallest absolute Gasteiger partial charge is 0.261 e. The van der Waals surface area contributed by atoms with Crippen LogP contribution in [0.15, 0.2) is 46.3 Å². The van der Waals surface area contributed by atoms with Gasteiger partial charge in [-0.3, -0.25) is 4.79 Å². The molecule has 1 amide bonds. The van der Waals surface area contributed by atoms with Crippen molar-refractivity contribution in [3.8, 4) is 17.2 Å². The van der Waals surface area contributed by atoms with E-state index in [4.69, 9.17) is 9.26 Å². The molecule has 0 radical (unpaired) electrons. The molecule has 3 aromatic rings. The van der Waals surface area contributed by atoms with Gasteiger partial charge in [-0.25, -0.2) is 0 Å². The van der Waals surface area contributed by atoms with Crippen LogP contribution in [0.2, 0.25) is 0 Å². The number of hydrogen-bond acceptors (Lipinski definition) is 6. The molecule has 0 N–H and O–H groups in total. The first-order valence-corrected chi connectivity index (χ1v) is 9.89. The van der Waals surface area contributed by atoms with Crippen molar-refractivity contribution in [3.63, 3.8) is 0 Å². The Hall–Kier alpha value is -2.67. The number of aromatic nitrogens is 2. The van der Waals surface area contributed by atoms with E-state index in [0.29, 0.717) is 23.9 Å². The number of carbonyl (C=O) groups excluding carboxylic acids is 1. The molecule has 1 fully saturated rings. The molecule has 7 heteroatoms. The number of carbonyl (C=O) groups is 1. The highest BCUT2D eigenvalue weighted by molar-refractivity contribution is 7.10. The number of hydrogen-bond donors (Lipinski definition) is 0. The Bertz CT molecular complexity index is 899. The van der Waals surface area contributed by atoms with Crippen LogP contribution in [0, 0.1) is 0 Å². The van der Waals surface area contributed by atoms with Gasteiger partial charge in [-0.15, -0.1) is 11.3 Å². The fraction of sp³-hybridized carbons (Fsp3) is 0.350. The summed E-state index contributed by atoms with van der Waals surface area (Å²) in [6.07, 6.45) is 2.19. The maximum absolute atomic E-state index is 12.4. The van der Waals surface area contributed by atoms with Gasteiger partial charge < -0.3 is 14.2 Å². The number of ether oxygens (including phenoxy) is 1. The standard InChI is InChI=1S/C20H21N3O3S/c1-25-17-7-3-2-6-16(17)20-21-19(22-26-20)14-8-10-23(11-9-14)18(24)13-15-5-4-12-27-15/h2-7,12,14H,8-11,13H2,1H3. The van der Waals surface area contributed by atoms with Crippen molar-refractivity contribution in [3.05, 3.63) is 52.5 Å². The van der Waals surface area contributed by atoms with Gasteiger partial charge in [0.1, 0.15) is 5.75 Å². The van der Waals surface area contributed by atoms with Crippen LogP contribution in [-0.4, -0.2) is 41.1 Å². The maximum Gasteiger partial charge on any atom is 0.261 e. The number of likely N-dealkylation sites (tertiary alicyclic amines) is 1. The molecule has 0 spiro atoms. The zero-order chi connectivity index (χ0) is 18.6. The Labute approximate surface area is 161 Å². The number of piperidine rings is 1. The summed E-state index contributed by atoms with van der Waals surface area (Å²) in [5, 5.41) is 6.18. The molecule has 140 valence electrons. The summed E-state index contributed by atoms with van der Waals surface area (Å²) < 4.78 is 10.8. The predicted molar refractivity (Wildman–Crippen MR) is 103 cm³/mol. The molecular weight excluding hydrogens is 362 g/mol. The van der Waals surface area contributed by atoms with E-state index < -0.39 is 0 Å². The number of nitrogens with zero attached hydrogens (tertiary/aromatic N) is 3. The van der Waals surface area contributed by atoms with Gasteiger partial charge in [0.2, 0.25) is 5.91 Å². The fourth-order valence-corrected chi connectivity index (χ4v) is 4.09. The van der Waals surface area contributed by atoms with Crippen molar-refractivity contribution in [2.75, 3.05) is 20.2 Å². The van der Waals surface area contributed by atoms with Crippen LogP contribution in [0.1, 0.15) is 29.5 Å². The van der Waals surface area contributed by atoms with Crippen molar-refractivity contribution in [1.82, 2.24) is 15.0 Å². The van der Waals surface area contributed by atoms with Gasteiger partial charge in [-0.1, -0.05) is 23.4 Å². The number of thiophene rings is 1. The van der Waals surface area contributed by atoms with Gasteiger partial charge in [-0.2, -0.15) is 4.98 Å². The molecule has 1 aliphatic rings. The lowest BCUT2D eigenvalue weighted by Gasteiger charge is -2.30. The Morgan fingerprint density at radius 1 is 1.26 bits per heavy atom. The molecule has 1 aromatic carbocycles. The zero-order valence-electron chi connectivity index (χ0n) is 15.1. The largest absolute Gasteiger partial charge is 0.496 e. The molecule has 0 saturated carbocycles. The molecule has 0 bridgehead atoms. The van der Waals surface area contributed by atoms with Crippen LogP contribution in [0.4, 0.5) is 0 Å². The molecule has 1 aliphatic heterocycles. The van der Waals surface area contributed by atoms with Crippen molar-refractivity contribution < 1.29 is 14.1 Å². The number of amides is 1. The SMILES string of the molecule is COc1ccccc1-c1nc(C2CCN(C(=O)Cc3cccs3)CC2)no1. The number of methoxy groups -OCH3 is 1. The second-order valence-electron chi connectivity index (χ2n) is 6.57.